The smallest absolute Gasteiger partial charge is 0.159 e. The van der Waals surface area contributed by atoms with E-state index in [9.17, 15) is 8.78 Å². The van der Waals surface area contributed by atoms with E-state index < -0.39 is 11.6 Å². The van der Waals surface area contributed by atoms with Crippen LogP contribution < -0.4 is 10.5 Å². The van der Waals surface area contributed by atoms with Crippen LogP contribution >= 0.6 is 15.9 Å². The van der Waals surface area contributed by atoms with Crippen LogP contribution in [0.2, 0.25) is 0 Å². The normalized spacial score (nSPS) is 12.3. The molecule has 0 aliphatic rings. The van der Waals surface area contributed by atoms with Gasteiger partial charge in [0.25, 0.3) is 0 Å². The Morgan fingerprint density at radius 2 is 1.90 bits per heavy atom. The maximum atomic E-state index is 13.2. The minimum atomic E-state index is -0.864. The van der Waals surface area contributed by atoms with Crippen molar-refractivity contribution in [3.63, 3.8) is 0 Å². The molecule has 0 saturated heterocycles. The molecular formula is C16H16BrF2NO. The van der Waals surface area contributed by atoms with Gasteiger partial charge in [0.05, 0.1) is 7.11 Å². The number of rotatable bonds is 4. The van der Waals surface area contributed by atoms with E-state index in [0.717, 1.165) is 21.7 Å². The second-order valence-corrected chi connectivity index (χ2v) is 5.76. The largest absolute Gasteiger partial charge is 0.496 e. The highest BCUT2D eigenvalue weighted by Gasteiger charge is 2.15. The van der Waals surface area contributed by atoms with Crippen LogP contribution in [0.25, 0.3) is 0 Å². The Morgan fingerprint density at radius 3 is 2.52 bits per heavy atom. The first kappa shape index (κ1) is 15.9. The molecule has 0 amide bonds. The van der Waals surface area contributed by atoms with Crippen LogP contribution in [0.5, 0.6) is 5.75 Å². The highest BCUT2D eigenvalue weighted by atomic mass is 79.9. The van der Waals surface area contributed by atoms with Gasteiger partial charge in [0.15, 0.2) is 11.6 Å². The first-order valence-corrected chi connectivity index (χ1v) is 7.25. The zero-order valence-corrected chi connectivity index (χ0v) is 13.4. The zero-order valence-electron chi connectivity index (χ0n) is 11.8. The summed E-state index contributed by atoms with van der Waals surface area (Å²) >= 11 is 3.46. The van der Waals surface area contributed by atoms with Gasteiger partial charge in [-0.2, -0.15) is 0 Å². The molecule has 112 valence electrons. The first-order chi connectivity index (χ1) is 9.92. The number of aryl methyl sites for hydroxylation is 1. The summed E-state index contributed by atoms with van der Waals surface area (Å²) in [7, 11) is 1.58. The molecule has 2 rings (SSSR count). The van der Waals surface area contributed by atoms with Gasteiger partial charge >= 0.3 is 0 Å². The first-order valence-electron chi connectivity index (χ1n) is 6.46. The van der Waals surface area contributed by atoms with E-state index in [1.807, 2.05) is 19.1 Å². The number of methoxy groups -OCH3 is 1. The molecule has 0 radical (unpaired) electrons. The monoisotopic (exact) mass is 355 g/mol. The Balaban J connectivity index is 2.29. The Bertz CT molecular complexity index is 661. The molecular weight excluding hydrogens is 340 g/mol. The maximum absolute atomic E-state index is 13.2. The molecule has 0 fully saturated rings. The van der Waals surface area contributed by atoms with Crippen LogP contribution in [0, 0.1) is 18.6 Å². The molecule has 2 aromatic carbocycles. The van der Waals surface area contributed by atoms with Crippen LogP contribution in [0.1, 0.15) is 22.7 Å². The molecule has 0 heterocycles. The second kappa shape index (κ2) is 6.54. The Morgan fingerprint density at radius 1 is 1.19 bits per heavy atom. The van der Waals surface area contributed by atoms with E-state index in [4.69, 9.17) is 10.5 Å². The summed E-state index contributed by atoms with van der Waals surface area (Å²) in [5.74, 6) is -1.04. The molecule has 0 aliphatic carbocycles. The lowest BCUT2D eigenvalue weighted by Crippen LogP contribution is -2.15. The molecule has 2 nitrogen and oxygen atoms in total. The van der Waals surface area contributed by atoms with Gasteiger partial charge in [-0.15, -0.1) is 0 Å². The van der Waals surface area contributed by atoms with Crippen molar-refractivity contribution in [1.29, 1.82) is 0 Å². The summed E-state index contributed by atoms with van der Waals surface area (Å²) in [5.41, 5.74) is 8.69. The van der Waals surface area contributed by atoms with Gasteiger partial charge in [0, 0.05) is 16.1 Å². The van der Waals surface area contributed by atoms with Gasteiger partial charge in [-0.05, 0) is 48.7 Å². The number of benzene rings is 2. The quantitative estimate of drug-likeness (QED) is 0.887. The molecule has 21 heavy (non-hydrogen) atoms. The van der Waals surface area contributed by atoms with Crippen molar-refractivity contribution in [3.05, 3.63) is 63.1 Å². The van der Waals surface area contributed by atoms with Gasteiger partial charge in [-0.25, -0.2) is 8.78 Å². The van der Waals surface area contributed by atoms with E-state index in [-0.39, 0.29) is 6.04 Å². The summed E-state index contributed by atoms with van der Waals surface area (Å²) in [6.45, 7) is 1.96. The van der Waals surface area contributed by atoms with Crippen LogP contribution in [0.15, 0.2) is 34.8 Å². The second-order valence-electron chi connectivity index (χ2n) is 4.90. The van der Waals surface area contributed by atoms with Gasteiger partial charge in [-0.1, -0.05) is 22.0 Å². The van der Waals surface area contributed by atoms with Crippen molar-refractivity contribution in [2.45, 2.75) is 19.4 Å². The van der Waals surface area contributed by atoms with E-state index in [2.05, 4.69) is 15.9 Å². The molecule has 5 heteroatoms. The molecule has 0 spiro atoms. The topological polar surface area (TPSA) is 35.2 Å². The van der Waals surface area contributed by atoms with Crippen molar-refractivity contribution in [1.82, 2.24) is 0 Å². The third kappa shape index (κ3) is 3.60. The lowest BCUT2D eigenvalue weighted by molar-refractivity contribution is 0.405. The predicted molar refractivity (Wildman–Crippen MR) is 82.4 cm³/mol. The standard InChI is InChI=1S/C16H16BrF2NO/c1-9-5-16(21-2)11(8-12(9)17)15(20)7-10-3-4-13(18)14(19)6-10/h3-6,8,15H,7,20H2,1-2H3. The Hall–Kier alpha value is -1.46. The van der Waals surface area contributed by atoms with E-state index in [1.165, 1.54) is 12.1 Å². The fourth-order valence-electron chi connectivity index (χ4n) is 2.17. The highest BCUT2D eigenvalue weighted by molar-refractivity contribution is 9.10. The van der Waals surface area contributed by atoms with Gasteiger partial charge < -0.3 is 10.5 Å². The van der Waals surface area contributed by atoms with Crippen molar-refractivity contribution < 1.29 is 13.5 Å². The van der Waals surface area contributed by atoms with Gasteiger partial charge in [0.2, 0.25) is 0 Å². The van der Waals surface area contributed by atoms with Crippen LogP contribution in [-0.4, -0.2) is 7.11 Å². The SMILES string of the molecule is COc1cc(C)c(Br)cc1C(N)Cc1ccc(F)c(F)c1. The molecule has 0 aromatic heterocycles. The predicted octanol–water partition coefficient (Wildman–Crippen LogP) is 4.29. The van der Waals surface area contributed by atoms with Gasteiger partial charge in [-0.3, -0.25) is 0 Å². The molecule has 0 aliphatic heterocycles. The maximum Gasteiger partial charge on any atom is 0.159 e. The molecule has 1 atom stereocenters. The lowest BCUT2D eigenvalue weighted by atomic mass is 9.97. The number of ether oxygens (including phenoxy) is 1. The number of hydrogen-bond donors (Lipinski definition) is 1. The van der Waals surface area contributed by atoms with Crippen molar-refractivity contribution in [2.24, 2.45) is 5.73 Å². The van der Waals surface area contributed by atoms with Crippen LogP contribution in [0.4, 0.5) is 8.78 Å². The zero-order chi connectivity index (χ0) is 15.6. The van der Waals surface area contributed by atoms with E-state index in [1.54, 1.807) is 7.11 Å². The van der Waals surface area contributed by atoms with Gasteiger partial charge in [0.1, 0.15) is 5.75 Å². The minimum absolute atomic E-state index is 0.373. The summed E-state index contributed by atoms with van der Waals surface area (Å²) < 4.78 is 32.5. The highest BCUT2D eigenvalue weighted by Crippen LogP contribution is 2.31. The summed E-state index contributed by atoms with van der Waals surface area (Å²) in [4.78, 5) is 0. The molecule has 0 bridgehead atoms. The Kier molecular flexibility index (Phi) is 4.96. The van der Waals surface area contributed by atoms with Crippen molar-refractivity contribution >= 4 is 15.9 Å². The van der Waals surface area contributed by atoms with E-state index >= 15 is 0 Å². The fraction of sp³-hybridized carbons (Fsp3) is 0.250. The number of halogens is 3. The summed E-state index contributed by atoms with van der Waals surface area (Å²) in [5, 5.41) is 0. The average molecular weight is 356 g/mol. The third-order valence-electron chi connectivity index (χ3n) is 3.35. The molecule has 0 saturated carbocycles. The van der Waals surface area contributed by atoms with Crippen molar-refractivity contribution in [3.8, 4) is 5.75 Å². The van der Waals surface area contributed by atoms with Crippen LogP contribution in [0.3, 0.4) is 0 Å². The number of hydrogen-bond acceptors (Lipinski definition) is 2. The number of nitrogens with two attached hydrogens (primary N) is 1. The van der Waals surface area contributed by atoms with Crippen LogP contribution in [-0.2, 0) is 6.42 Å². The molecule has 2 aromatic rings. The lowest BCUT2D eigenvalue weighted by Gasteiger charge is -2.17. The molecule has 2 N–H and O–H groups in total. The Labute approximate surface area is 131 Å². The summed E-state index contributed by atoms with van der Waals surface area (Å²) in [6.07, 6.45) is 0.392. The minimum Gasteiger partial charge on any atom is -0.496 e. The third-order valence-corrected chi connectivity index (χ3v) is 4.20. The fourth-order valence-corrected chi connectivity index (χ4v) is 2.53. The van der Waals surface area contributed by atoms with E-state index in [0.29, 0.717) is 17.7 Å². The average Bonchev–Trinajstić information content (AvgIpc) is 2.45. The molecule has 1 unspecified atom stereocenters. The summed E-state index contributed by atoms with van der Waals surface area (Å²) in [6, 6.07) is 7.24. The van der Waals surface area contributed by atoms with Crippen molar-refractivity contribution in [2.75, 3.05) is 7.11 Å².